The first-order valence-electron chi connectivity index (χ1n) is 6.47. The van der Waals surface area contributed by atoms with E-state index in [1.807, 2.05) is 30.3 Å². The molecule has 0 saturated heterocycles. The monoisotopic (exact) mass is 269 g/mol. The van der Waals surface area contributed by atoms with Crippen LogP contribution in [0.5, 0.6) is 0 Å². The fourth-order valence-corrected chi connectivity index (χ4v) is 2.17. The van der Waals surface area contributed by atoms with E-state index in [0.29, 0.717) is 25.3 Å². The Morgan fingerprint density at radius 3 is 2.90 bits per heavy atom. The van der Waals surface area contributed by atoms with Gasteiger partial charge in [0, 0.05) is 24.3 Å². The predicted octanol–water partition coefficient (Wildman–Crippen LogP) is 1.01. The van der Waals surface area contributed by atoms with Gasteiger partial charge in [-0.05, 0) is 29.8 Å². The highest BCUT2D eigenvalue weighted by molar-refractivity contribution is 5.99. The number of fused-ring (bicyclic) bond motifs is 1. The Kier molecular flexibility index (Phi) is 3.30. The fraction of sp³-hybridized carbons (Fsp3) is 0.214. The van der Waals surface area contributed by atoms with Crippen molar-refractivity contribution in [2.45, 2.75) is 6.42 Å². The maximum atomic E-state index is 11.3. The van der Waals surface area contributed by atoms with Crippen LogP contribution in [0, 0.1) is 0 Å². The lowest BCUT2D eigenvalue weighted by atomic mass is 10.1. The van der Waals surface area contributed by atoms with Crippen molar-refractivity contribution < 1.29 is 4.79 Å². The SMILES string of the molecule is NCCNc1ccc(-c2ccc3c(c2)CC(=O)N3)nn1. The number of nitrogens with zero attached hydrogens (tertiary/aromatic N) is 2. The molecule has 2 aromatic rings. The maximum Gasteiger partial charge on any atom is 0.228 e. The summed E-state index contributed by atoms with van der Waals surface area (Å²) in [6.07, 6.45) is 0.423. The van der Waals surface area contributed by atoms with Crippen molar-refractivity contribution in [3.63, 3.8) is 0 Å². The summed E-state index contributed by atoms with van der Waals surface area (Å²) in [4.78, 5) is 11.3. The van der Waals surface area contributed by atoms with E-state index in [0.717, 1.165) is 22.5 Å². The number of benzene rings is 1. The van der Waals surface area contributed by atoms with Gasteiger partial charge in [0.2, 0.25) is 5.91 Å². The molecular weight excluding hydrogens is 254 g/mol. The predicted molar refractivity (Wildman–Crippen MR) is 77.3 cm³/mol. The van der Waals surface area contributed by atoms with E-state index in [-0.39, 0.29) is 5.91 Å². The molecule has 4 N–H and O–H groups in total. The molecule has 0 radical (unpaired) electrons. The van der Waals surface area contributed by atoms with Crippen molar-refractivity contribution in [1.29, 1.82) is 0 Å². The van der Waals surface area contributed by atoms with Crippen LogP contribution in [0.25, 0.3) is 11.3 Å². The van der Waals surface area contributed by atoms with Gasteiger partial charge >= 0.3 is 0 Å². The number of carbonyl (C=O) groups is 1. The van der Waals surface area contributed by atoms with Gasteiger partial charge in [-0.3, -0.25) is 4.79 Å². The zero-order valence-corrected chi connectivity index (χ0v) is 10.9. The van der Waals surface area contributed by atoms with Crippen LogP contribution >= 0.6 is 0 Å². The van der Waals surface area contributed by atoms with E-state index < -0.39 is 0 Å². The van der Waals surface area contributed by atoms with Crippen LogP contribution in [0.1, 0.15) is 5.56 Å². The number of hydrogen-bond acceptors (Lipinski definition) is 5. The summed E-state index contributed by atoms with van der Waals surface area (Å²) in [5.41, 5.74) is 9.04. The molecule has 0 spiro atoms. The Morgan fingerprint density at radius 1 is 1.25 bits per heavy atom. The Bertz CT molecular complexity index is 639. The minimum absolute atomic E-state index is 0.0320. The minimum atomic E-state index is 0.0320. The van der Waals surface area contributed by atoms with Crippen LogP contribution < -0.4 is 16.4 Å². The lowest BCUT2D eigenvalue weighted by Crippen LogP contribution is -2.14. The molecule has 2 heterocycles. The van der Waals surface area contributed by atoms with Gasteiger partial charge in [-0.25, -0.2) is 0 Å². The second-order valence-corrected chi connectivity index (χ2v) is 4.62. The number of hydrogen-bond donors (Lipinski definition) is 3. The smallest absolute Gasteiger partial charge is 0.228 e. The maximum absolute atomic E-state index is 11.3. The molecule has 6 nitrogen and oxygen atoms in total. The summed E-state index contributed by atoms with van der Waals surface area (Å²) in [7, 11) is 0. The first kappa shape index (κ1) is 12.6. The van der Waals surface area contributed by atoms with Crippen molar-refractivity contribution in [2.75, 3.05) is 23.7 Å². The van der Waals surface area contributed by atoms with Crippen molar-refractivity contribution >= 4 is 17.4 Å². The zero-order chi connectivity index (χ0) is 13.9. The Labute approximate surface area is 116 Å². The number of aromatic nitrogens is 2. The summed E-state index contributed by atoms with van der Waals surface area (Å²) in [6.45, 7) is 1.22. The van der Waals surface area contributed by atoms with E-state index in [2.05, 4.69) is 20.8 Å². The van der Waals surface area contributed by atoms with Crippen LogP contribution in [-0.2, 0) is 11.2 Å². The number of amides is 1. The summed E-state index contributed by atoms with van der Waals surface area (Å²) in [5, 5.41) is 14.2. The number of nitrogens with two attached hydrogens (primary N) is 1. The normalized spacial score (nSPS) is 12.9. The van der Waals surface area contributed by atoms with Gasteiger partial charge in [0.05, 0.1) is 12.1 Å². The van der Waals surface area contributed by atoms with E-state index in [1.165, 1.54) is 0 Å². The lowest BCUT2D eigenvalue weighted by Gasteiger charge is -2.05. The third kappa shape index (κ3) is 2.46. The average Bonchev–Trinajstić information content (AvgIpc) is 2.84. The van der Waals surface area contributed by atoms with Gasteiger partial charge in [-0.1, -0.05) is 6.07 Å². The first-order chi connectivity index (χ1) is 9.76. The Hall–Kier alpha value is -2.47. The molecule has 1 amide bonds. The quantitative estimate of drug-likeness (QED) is 0.770. The molecule has 0 aliphatic carbocycles. The number of nitrogens with one attached hydrogen (secondary N) is 2. The molecule has 6 heteroatoms. The van der Waals surface area contributed by atoms with Gasteiger partial charge in [0.15, 0.2) is 0 Å². The zero-order valence-electron chi connectivity index (χ0n) is 10.9. The van der Waals surface area contributed by atoms with E-state index in [4.69, 9.17) is 5.73 Å². The van der Waals surface area contributed by atoms with Crippen molar-refractivity contribution in [3.8, 4) is 11.3 Å². The van der Waals surface area contributed by atoms with Gasteiger partial charge in [-0.2, -0.15) is 0 Å². The van der Waals surface area contributed by atoms with Crippen molar-refractivity contribution in [2.24, 2.45) is 5.73 Å². The van der Waals surface area contributed by atoms with Gasteiger partial charge in [0.1, 0.15) is 5.82 Å². The Morgan fingerprint density at radius 2 is 2.15 bits per heavy atom. The summed E-state index contributed by atoms with van der Waals surface area (Å²) in [5.74, 6) is 0.738. The summed E-state index contributed by atoms with van der Waals surface area (Å²) >= 11 is 0. The fourth-order valence-electron chi connectivity index (χ4n) is 2.17. The standard InChI is InChI=1S/C14H15N5O/c15-5-6-16-13-4-3-12(18-19-13)9-1-2-11-10(7-9)8-14(20)17-11/h1-4,7H,5-6,8,15H2,(H,16,19)(H,17,20). The van der Waals surface area contributed by atoms with E-state index >= 15 is 0 Å². The first-order valence-corrected chi connectivity index (χ1v) is 6.47. The van der Waals surface area contributed by atoms with Crippen LogP contribution in [-0.4, -0.2) is 29.2 Å². The van der Waals surface area contributed by atoms with Crippen molar-refractivity contribution in [1.82, 2.24) is 10.2 Å². The van der Waals surface area contributed by atoms with Crippen LogP contribution in [0.3, 0.4) is 0 Å². The highest BCUT2D eigenvalue weighted by atomic mass is 16.1. The van der Waals surface area contributed by atoms with E-state index in [9.17, 15) is 4.79 Å². The molecule has 1 aromatic carbocycles. The highest BCUT2D eigenvalue weighted by Gasteiger charge is 2.17. The third-order valence-corrected chi connectivity index (χ3v) is 3.14. The second kappa shape index (κ2) is 5.26. The molecular formula is C14H15N5O. The Balaban J connectivity index is 1.83. The summed E-state index contributed by atoms with van der Waals surface area (Å²) in [6, 6.07) is 9.58. The molecule has 1 aliphatic heterocycles. The number of carbonyl (C=O) groups excluding carboxylic acids is 1. The third-order valence-electron chi connectivity index (χ3n) is 3.14. The molecule has 102 valence electrons. The van der Waals surface area contributed by atoms with Gasteiger partial charge in [-0.15, -0.1) is 10.2 Å². The molecule has 0 atom stereocenters. The molecule has 0 saturated carbocycles. The average molecular weight is 269 g/mol. The summed E-state index contributed by atoms with van der Waals surface area (Å²) < 4.78 is 0. The molecule has 3 rings (SSSR count). The van der Waals surface area contributed by atoms with Crippen molar-refractivity contribution in [3.05, 3.63) is 35.9 Å². The molecule has 20 heavy (non-hydrogen) atoms. The molecule has 1 aliphatic rings. The van der Waals surface area contributed by atoms with Crippen LogP contribution in [0.15, 0.2) is 30.3 Å². The minimum Gasteiger partial charge on any atom is -0.367 e. The number of anilines is 2. The van der Waals surface area contributed by atoms with Gasteiger partial charge in [0.25, 0.3) is 0 Å². The van der Waals surface area contributed by atoms with Gasteiger partial charge < -0.3 is 16.4 Å². The molecule has 0 unspecified atom stereocenters. The van der Waals surface area contributed by atoms with Crippen LogP contribution in [0.4, 0.5) is 11.5 Å². The van der Waals surface area contributed by atoms with E-state index in [1.54, 1.807) is 0 Å². The highest BCUT2D eigenvalue weighted by Crippen LogP contribution is 2.28. The lowest BCUT2D eigenvalue weighted by molar-refractivity contribution is -0.115. The molecule has 0 fully saturated rings. The number of rotatable bonds is 4. The topological polar surface area (TPSA) is 92.9 Å². The molecule has 1 aromatic heterocycles. The van der Waals surface area contributed by atoms with Crippen LogP contribution in [0.2, 0.25) is 0 Å². The second-order valence-electron chi connectivity index (χ2n) is 4.62. The molecule has 0 bridgehead atoms. The largest absolute Gasteiger partial charge is 0.367 e.